The summed E-state index contributed by atoms with van der Waals surface area (Å²) >= 11 is 0. The Bertz CT molecular complexity index is 328. The van der Waals surface area contributed by atoms with Crippen LogP contribution in [0, 0.1) is 0 Å². The number of carbonyl (C=O) groups excluding carboxylic acids is 1. The normalized spacial score (nSPS) is 26.3. The summed E-state index contributed by atoms with van der Waals surface area (Å²) in [5.41, 5.74) is 0. The van der Waals surface area contributed by atoms with Crippen LogP contribution < -0.4 is 10.4 Å². The zero-order valence-corrected chi connectivity index (χ0v) is 8.42. The van der Waals surface area contributed by atoms with Gasteiger partial charge in [-0.3, -0.25) is 5.32 Å². The predicted octanol–water partition coefficient (Wildman–Crippen LogP) is -0.657. The van der Waals surface area contributed by atoms with Crippen LogP contribution in [0.1, 0.15) is 0 Å². The molecular weight excluding hydrogens is 198 g/mol. The minimum absolute atomic E-state index is 0.0267. The first-order chi connectivity index (χ1) is 6.77. The van der Waals surface area contributed by atoms with Crippen molar-refractivity contribution in [2.24, 2.45) is 0 Å². The quantitative estimate of drug-likeness (QED) is 0.658. The third kappa shape index (κ3) is 1.91. The molecule has 1 saturated heterocycles. The molecule has 0 aromatic heterocycles. The van der Waals surface area contributed by atoms with Crippen LogP contribution in [-0.2, 0) is 15.7 Å². The highest BCUT2D eigenvalue weighted by molar-refractivity contribution is 7.97. The molecule has 1 aliphatic heterocycles. The van der Waals surface area contributed by atoms with Crippen molar-refractivity contribution >= 4 is 16.9 Å². The van der Waals surface area contributed by atoms with Crippen molar-refractivity contribution in [3.63, 3.8) is 0 Å². The Kier molecular flexibility index (Phi) is 2.74. The number of carbonyl (C=O) groups is 1. The molecule has 1 aliphatic rings. The summed E-state index contributed by atoms with van der Waals surface area (Å²) in [5, 5.41) is 13.6. The molecule has 1 aromatic carbocycles. The fraction of sp³-hybridized carbons (Fsp3) is 0.300. The second-order valence-corrected chi connectivity index (χ2v) is 5.27. The van der Waals surface area contributed by atoms with Gasteiger partial charge in [-0.05, 0) is 12.1 Å². The van der Waals surface area contributed by atoms with Crippen LogP contribution in [0.25, 0.3) is 0 Å². The first kappa shape index (κ1) is 9.55. The van der Waals surface area contributed by atoms with E-state index < -0.39 is 12.0 Å². The summed E-state index contributed by atoms with van der Waals surface area (Å²) in [6.07, 6.45) is 0. The van der Waals surface area contributed by atoms with Gasteiger partial charge in [0.05, 0.1) is 12.0 Å². The lowest BCUT2D eigenvalue weighted by Gasteiger charge is -2.05. The lowest BCUT2D eigenvalue weighted by atomic mass is 10.4. The molecule has 74 valence electrons. The maximum absolute atomic E-state index is 10.6. The van der Waals surface area contributed by atoms with Crippen molar-refractivity contribution < 1.29 is 9.90 Å². The highest BCUT2D eigenvalue weighted by Gasteiger charge is 2.34. The minimum atomic E-state index is -0.990. The third-order valence-corrected chi connectivity index (χ3v) is 4.42. The molecule has 4 heteroatoms. The molecule has 2 rings (SSSR count). The Morgan fingerprint density at radius 2 is 2.14 bits per heavy atom. The van der Waals surface area contributed by atoms with Gasteiger partial charge in [-0.15, -0.1) is 0 Å². The molecule has 1 unspecified atom stereocenters. The van der Waals surface area contributed by atoms with E-state index >= 15 is 0 Å². The smallest absolute Gasteiger partial charge is 0.165 e. The zero-order chi connectivity index (χ0) is 9.97. The van der Waals surface area contributed by atoms with Gasteiger partial charge in [0.2, 0.25) is 0 Å². The van der Waals surface area contributed by atoms with E-state index in [0.29, 0.717) is 5.75 Å². The van der Waals surface area contributed by atoms with Gasteiger partial charge in [0, 0.05) is 10.9 Å². The van der Waals surface area contributed by atoms with Crippen LogP contribution in [0.4, 0.5) is 0 Å². The second-order valence-electron chi connectivity index (χ2n) is 3.19. The average Bonchev–Trinajstić information content (AvgIpc) is 2.68. The summed E-state index contributed by atoms with van der Waals surface area (Å²) in [6, 6.07) is 9.54. The summed E-state index contributed by atoms with van der Waals surface area (Å²) in [6.45, 7) is 0. The molecule has 0 saturated carbocycles. The monoisotopic (exact) mass is 209 g/mol. The molecule has 0 bridgehead atoms. The number of aliphatic carboxylic acids is 1. The highest BCUT2D eigenvalue weighted by atomic mass is 32.2. The molecule has 1 fully saturated rings. The second kappa shape index (κ2) is 4.02. The Morgan fingerprint density at radius 3 is 2.71 bits per heavy atom. The number of benzene rings is 1. The lowest BCUT2D eigenvalue weighted by Crippen LogP contribution is -2.43. The molecule has 0 amide bonds. The average molecular weight is 209 g/mol. The standard InChI is InChI=1S/C10H11NO2S/c12-10(13)9-6-14(7-11-9)8-4-2-1-3-5-8/h1-5,9,11H,6-7H2/t9-,14?/m0/s1. The lowest BCUT2D eigenvalue weighted by molar-refractivity contribution is -0.307. The van der Waals surface area contributed by atoms with E-state index in [9.17, 15) is 9.90 Å². The Hall–Kier alpha value is -1.00. The maximum Gasteiger partial charge on any atom is 0.165 e. The topological polar surface area (TPSA) is 52.2 Å². The fourth-order valence-electron chi connectivity index (χ4n) is 1.46. The van der Waals surface area contributed by atoms with Gasteiger partial charge in [-0.25, -0.2) is 0 Å². The van der Waals surface area contributed by atoms with Gasteiger partial charge in [0.25, 0.3) is 0 Å². The van der Waals surface area contributed by atoms with Crippen LogP contribution >= 0.6 is 0 Å². The van der Waals surface area contributed by atoms with E-state index in [1.807, 2.05) is 30.3 Å². The first-order valence-corrected chi connectivity index (χ1v) is 6.00. The predicted molar refractivity (Wildman–Crippen MR) is 53.7 cm³/mol. The van der Waals surface area contributed by atoms with E-state index in [-0.39, 0.29) is 10.9 Å². The largest absolute Gasteiger partial charge is 0.548 e. The number of carboxylic acid groups (broad SMARTS) is 1. The Labute approximate surface area is 85.5 Å². The van der Waals surface area contributed by atoms with Crippen molar-refractivity contribution in [3.8, 4) is 0 Å². The van der Waals surface area contributed by atoms with Gasteiger partial charge < -0.3 is 9.90 Å². The maximum atomic E-state index is 10.6. The van der Waals surface area contributed by atoms with E-state index in [4.69, 9.17) is 0 Å². The van der Waals surface area contributed by atoms with Crippen molar-refractivity contribution in [2.75, 3.05) is 11.6 Å². The first-order valence-electron chi connectivity index (χ1n) is 4.44. The molecular formula is C10H11NO2S. The molecule has 14 heavy (non-hydrogen) atoms. The van der Waals surface area contributed by atoms with Crippen molar-refractivity contribution in [1.29, 1.82) is 0 Å². The summed E-state index contributed by atoms with van der Waals surface area (Å²) in [4.78, 5) is 11.8. The minimum Gasteiger partial charge on any atom is -0.548 e. The van der Waals surface area contributed by atoms with E-state index in [0.717, 1.165) is 5.88 Å². The SMILES string of the molecule is O=C([O-])[C@@H]1C[S+](c2ccccc2)CN1. The van der Waals surface area contributed by atoms with E-state index in [1.54, 1.807) is 0 Å². The van der Waals surface area contributed by atoms with Crippen LogP contribution in [0.3, 0.4) is 0 Å². The number of nitrogens with one attached hydrogen (secondary N) is 1. The van der Waals surface area contributed by atoms with Gasteiger partial charge in [0.15, 0.2) is 10.8 Å². The summed E-state index contributed by atoms with van der Waals surface area (Å²) < 4.78 is 0. The number of hydrogen-bond donors (Lipinski definition) is 1. The van der Waals surface area contributed by atoms with Crippen molar-refractivity contribution in [2.45, 2.75) is 10.9 Å². The van der Waals surface area contributed by atoms with Crippen molar-refractivity contribution in [3.05, 3.63) is 30.3 Å². The van der Waals surface area contributed by atoms with Gasteiger partial charge in [-0.2, -0.15) is 0 Å². The van der Waals surface area contributed by atoms with Gasteiger partial charge in [0.1, 0.15) is 5.75 Å². The molecule has 1 aromatic rings. The zero-order valence-electron chi connectivity index (χ0n) is 7.60. The Morgan fingerprint density at radius 1 is 1.43 bits per heavy atom. The molecule has 0 spiro atoms. The number of hydrogen-bond acceptors (Lipinski definition) is 3. The van der Waals surface area contributed by atoms with E-state index in [1.165, 1.54) is 4.90 Å². The third-order valence-electron chi connectivity index (χ3n) is 2.23. The van der Waals surface area contributed by atoms with Crippen LogP contribution in [0.2, 0.25) is 0 Å². The van der Waals surface area contributed by atoms with Crippen LogP contribution in [0.5, 0.6) is 0 Å². The van der Waals surface area contributed by atoms with Gasteiger partial charge >= 0.3 is 0 Å². The van der Waals surface area contributed by atoms with E-state index in [2.05, 4.69) is 5.32 Å². The van der Waals surface area contributed by atoms with Gasteiger partial charge in [-0.1, -0.05) is 18.2 Å². The summed E-state index contributed by atoms with van der Waals surface area (Å²) in [7, 11) is 0.0267. The fourth-order valence-corrected chi connectivity index (χ4v) is 3.54. The molecule has 0 radical (unpaired) electrons. The summed E-state index contributed by atoms with van der Waals surface area (Å²) in [5.74, 6) is 0.422. The number of rotatable bonds is 2. The Balaban J connectivity index is 2.06. The molecule has 1 heterocycles. The molecule has 1 N–H and O–H groups in total. The van der Waals surface area contributed by atoms with Crippen LogP contribution in [0.15, 0.2) is 35.2 Å². The molecule has 3 nitrogen and oxygen atoms in total. The van der Waals surface area contributed by atoms with Crippen molar-refractivity contribution in [1.82, 2.24) is 5.32 Å². The molecule has 2 atom stereocenters. The number of carboxylic acids is 1. The van der Waals surface area contributed by atoms with Crippen LogP contribution in [-0.4, -0.2) is 23.6 Å². The molecule has 0 aliphatic carbocycles. The highest BCUT2D eigenvalue weighted by Crippen LogP contribution is 2.17.